The summed E-state index contributed by atoms with van der Waals surface area (Å²) in [5, 5.41) is 4.00. The molecule has 7 heteroatoms. The lowest BCUT2D eigenvalue weighted by Gasteiger charge is -2.25. The van der Waals surface area contributed by atoms with Crippen LogP contribution in [0.5, 0.6) is 5.75 Å². The van der Waals surface area contributed by atoms with E-state index in [1.54, 1.807) is 6.07 Å². The molecule has 2 aromatic rings. The maximum absolute atomic E-state index is 12.4. The van der Waals surface area contributed by atoms with Crippen LogP contribution in [0.15, 0.2) is 42.5 Å². The smallest absolute Gasteiger partial charge is 0.245 e. The highest BCUT2D eigenvalue weighted by Crippen LogP contribution is 2.29. The number of rotatable bonds is 3. The monoisotopic (exact) mass is 403 g/mol. The molecule has 0 saturated heterocycles. The van der Waals surface area contributed by atoms with E-state index < -0.39 is 0 Å². The van der Waals surface area contributed by atoms with E-state index >= 15 is 0 Å². The van der Waals surface area contributed by atoms with Gasteiger partial charge in [0, 0.05) is 10.7 Å². The first-order chi connectivity index (χ1) is 12.9. The lowest BCUT2D eigenvalue weighted by atomic mass is 9.96. The van der Waals surface area contributed by atoms with Crippen LogP contribution in [0.25, 0.3) is 0 Å². The predicted octanol–water partition coefficient (Wildman–Crippen LogP) is 4.03. The molecule has 0 aliphatic carbocycles. The van der Waals surface area contributed by atoms with Crippen LogP contribution in [0.4, 0.5) is 5.69 Å². The molecule has 1 atom stereocenters. The van der Waals surface area contributed by atoms with E-state index in [1.165, 1.54) is 5.56 Å². The number of nitrogens with one attached hydrogen (secondary N) is 3. The van der Waals surface area contributed by atoms with Crippen molar-refractivity contribution in [3.05, 3.63) is 58.6 Å². The minimum Gasteiger partial charge on any atom is -0.492 e. The number of hydrazine groups is 1. The van der Waals surface area contributed by atoms with Gasteiger partial charge in [-0.2, -0.15) is 0 Å². The summed E-state index contributed by atoms with van der Waals surface area (Å²) in [5.41, 5.74) is 8.42. The number of hydrogen-bond acceptors (Lipinski definition) is 3. The zero-order valence-corrected chi connectivity index (χ0v) is 16.8. The van der Waals surface area contributed by atoms with E-state index in [0.717, 1.165) is 17.0 Å². The molecule has 0 spiro atoms. The Hall–Kier alpha value is -2.31. The van der Waals surface area contributed by atoms with Gasteiger partial charge in [-0.25, -0.2) is 0 Å². The number of thiocarbonyl (C=S) groups is 1. The molecule has 142 valence electrons. The lowest BCUT2D eigenvalue weighted by molar-refractivity contribution is -0.126. The summed E-state index contributed by atoms with van der Waals surface area (Å²) in [6.45, 7) is 4.61. The zero-order chi connectivity index (χ0) is 19.4. The number of carbonyl (C=O) groups is 1. The third kappa shape index (κ3) is 5.11. The minimum absolute atomic E-state index is 0.181. The molecule has 0 radical (unpaired) electrons. The largest absolute Gasteiger partial charge is 0.492 e. The Kier molecular flexibility index (Phi) is 6.19. The van der Waals surface area contributed by atoms with Crippen molar-refractivity contribution in [3.63, 3.8) is 0 Å². The van der Waals surface area contributed by atoms with Crippen molar-refractivity contribution in [2.75, 3.05) is 11.9 Å². The zero-order valence-electron chi connectivity index (χ0n) is 15.2. The molecule has 27 heavy (non-hydrogen) atoms. The van der Waals surface area contributed by atoms with Gasteiger partial charge in [0.1, 0.15) is 12.4 Å². The molecular formula is C20H22ClN3O2S. The van der Waals surface area contributed by atoms with Gasteiger partial charge in [0.2, 0.25) is 5.91 Å². The summed E-state index contributed by atoms with van der Waals surface area (Å²) in [4.78, 5) is 12.4. The van der Waals surface area contributed by atoms with Gasteiger partial charge in [-0.15, -0.1) is 0 Å². The number of benzene rings is 2. The Bertz CT molecular complexity index is 840. The molecule has 0 fully saturated rings. The van der Waals surface area contributed by atoms with Crippen LogP contribution in [0.3, 0.4) is 0 Å². The highest BCUT2D eigenvalue weighted by atomic mass is 35.5. The van der Waals surface area contributed by atoms with Crippen molar-refractivity contribution in [2.24, 2.45) is 5.92 Å². The van der Waals surface area contributed by atoms with Gasteiger partial charge in [0.15, 0.2) is 5.11 Å². The fourth-order valence-corrected chi connectivity index (χ4v) is 3.23. The highest BCUT2D eigenvalue weighted by molar-refractivity contribution is 7.80. The summed E-state index contributed by atoms with van der Waals surface area (Å²) >= 11 is 11.3. The van der Waals surface area contributed by atoms with E-state index in [2.05, 4.69) is 42.1 Å². The van der Waals surface area contributed by atoms with Gasteiger partial charge in [0.05, 0.1) is 5.92 Å². The van der Waals surface area contributed by atoms with Crippen LogP contribution < -0.4 is 20.9 Å². The van der Waals surface area contributed by atoms with Crippen LogP contribution in [0.2, 0.25) is 5.02 Å². The Morgan fingerprint density at radius 2 is 1.93 bits per heavy atom. The first-order valence-corrected chi connectivity index (χ1v) is 9.59. The molecule has 2 aromatic carbocycles. The van der Waals surface area contributed by atoms with Crippen molar-refractivity contribution >= 4 is 40.5 Å². The van der Waals surface area contributed by atoms with Crippen molar-refractivity contribution < 1.29 is 9.53 Å². The summed E-state index contributed by atoms with van der Waals surface area (Å²) in [6.07, 6.45) is 0.570. The van der Waals surface area contributed by atoms with E-state index in [1.807, 2.05) is 24.3 Å². The fraction of sp³-hybridized carbons (Fsp3) is 0.300. The number of hydrogen-bond donors (Lipinski definition) is 3. The molecular weight excluding hydrogens is 382 g/mol. The normalized spacial score (nSPS) is 15.5. The average Bonchev–Trinajstić information content (AvgIpc) is 2.66. The third-order valence-electron chi connectivity index (χ3n) is 4.43. The number of ether oxygens (including phenoxy) is 1. The SMILES string of the molecule is CC(C)c1ccc(NC(=S)NNC(=O)[C@@H]2COc3ccc(Cl)cc3C2)cc1. The van der Waals surface area contributed by atoms with Crippen LogP contribution in [0.1, 0.15) is 30.9 Å². The summed E-state index contributed by atoms with van der Waals surface area (Å²) < 4.78 is 5.65. The van der Waals surface area contributed by atoms with Crippen molar-refractivity contribution in [1.82, 2.24) is 10.9 Å². The first kappa shape index (κ1) is 19.5. The maximum Gasteiger partial charge on any atom is 0.245 e. The molecule has 1 heterocycles. The van der Waals surface area contributed by atoms with Crippen LogP contribution in [-0.4, -0.2) is 17.6 Å². The Balaban J connectivity index is 1.49. The van der Waals surface area contributed by atoms with Gasteiger partial charge in [-0.1, -0.05) is 37.6 Å². The summed E-state index contributed by atoms with van der Waals surface area (Å²) in [7, 11) is 0. The summed E-state index contributed by atoms with van der Waals surface area (Å²) in [6, 6.07) is 13.5. The number of carbonyl (C=O) groups excluding carboxylic acids is 1. The standard InChI is InChI=1S/C20H22ClN3O2S/c1-12(2)13-3-6-17(7-4-13)22-20(27)24-23-19(25)15-9-14-10-16(21)5-8-18(14)26-11-15/h3-8,10,12,15H,9,11H2,1-2H3,(H,23,25)(H2,22,24,27)/t15-/m0/s1. The summed E-state index contributed by atoms with van der Waals surface area (Å²) in [5.74, 6) is 0.760. The van der Waals surface area contributed by atoms with E-state index in [9.17, 15) is 4.79 Å². The molecule has 1 aliphatic heterocycles. The van der Waals surface area contributed by atoms with Crippen LogP contribution in [-0.2, 0) is 11.2 Å². The topological polar surface area (TPSA) is 62.4 Å². The number of halogens is 1. The Labute approximate surface area is 169 Å². The molecule has 1 amide bonds. The van der Waals surface area contributed by atoms with Crippen molar-refractivity contribution in [1.29, 1.82) is 0 Å². The lowest BCUT2D eigenvalue weighted by Crippen LogP contribution is -2.48. The van der Waals surface area contributed by atoms with E-state index in [-0.39, 0.29) is 11.8 Å². The Morgan fingerprint density at radius 3 is 2.63 bits per heavy atom. The number of fused-ring (bicyclic) bond motifs is 1. The van der Waals surface area contributed by atoms with Gasteiger partial charge in [-0.05, 0) is 66.0 Å². The second kappa shape index (κ2) is 8.59. The molecule has 0 bridgehead atoms. The van der Waals surface area contributed by atoms with Gasteiger partial charge < -0.3 is 10.1 Å². The molecule has 3 N–H and O–H groups in total. The molecule has 5 nitrogen and oxygen atoms in total. The second-order valence-corrected chi connectivity index (χ2v) is 7.65. The van der Waals surface area contributed by atoms with Gasteiger partial charge >= 0.3 is 0 Å². The molecule has 1 aliphatic rings. The first-order valence-electron chi connectivity index (χ1n) is 8.80. The van der Waals surface area contributed by atoms with Crippen molar-refractivity contribution in [3.8, 4) is 5.75 Å². The van der Waals surface area contributed by atoms with Crippen LogP contribution in [0, 0.1) is 5.92 Å². The average molecular weight is 404 g/mol. The quantitative estimate of drug-likeness (QED) is 0.533. The predicted molar refractivity (Wildman–Crippen MR) is 112 cm³/mol. The molecule has 0 saturated carbocycles. The van der Waals surface area contributed by atoms with Gasteiger partial charge in [-0.3, -0.25) is 15.6 Å². The van der Waals surface area contributed by atoms with Gasteiger partial charge in [0.25, 0.3) is 0 Å². The van der Waals surface area contributed by atoms with E-state index in [4.69, 9.17) is 28.6 Å². The molecule has 0 aromatic heterocycles. The minimum atomic E-state index is -0.309. The number of amides is 1. The van der Waals surface area contributed by atoms with Crippen molar-refractivity contribution in [2.45, 2.75) is 26.2 Å². The second-order valence-electron chi connectivity index (χ2n) is 6.81. The molecule has 3 rings (SSSR count). The number of anilines is 1. The highest BCUT2D eigenvalue weighted by Gasteiger charge is 2.26. The van der Waals surface area contributed by atoms with Crippen LogP contribution >= 0.6 is 23.8 Å². The molecule has 0 unspecified atom stereocenters. The Morgan fingerprint density at radius 1 is 1.19 bits per heavy atom. The van der Waals surface area contributed by atoms with E-state index in [0.29, 0.717) is 29.1 Å². The maximum atomic E-state index is 12.4. The third-order valence-corrected chi connectivity index (χ3v) is 4.87. The fourth-order valence-electron chi connectivity index (χ4n) is 2.87.